The molecule has 2 rings (SSSR count). The topological polar surface area (TPSA) is 92.2 Å². The zero-order chi connectivity index (χ0) is 15.4. The van der Waals surface area contributed by atoms with E-state index in [2.05, 4.69) is 15.5 Å². The van der Waals surface area contributed by atoms with Crippen LogP contribution in [0.5, 0.6) is 11.5 Å². The molecular formula is C13H16N4O3S. The number of aromatic amines is 1. The van der Waals surface area contributed by atoms with E-state index in [1.54, 1.807) is 23.7 Å². The molecule has 0 atom stereocenters. The van der Waals surface area contributed by atoms with Crippen molar-refractivity contribution in [2.24, 2.45) is 7.05 Å². The van der Waals surface area contributed by atoms with Gasteiger partial charge in [0.2, 0.25) is 0 Å². The largest absolute Gasteiger partial charge is 0.504 e. The van der Waals surface area contributed by atoms with Crippen LogP contribution in [0.1, 0.15) is 16.2 Å². The van der Waals surface area contributed by atoms with Crippen molar-refractivity contribution in [3.05, 3.63) is 34.4 Å². The smallest absolute Gasteiger partial charge is 0.255 e. The summed E-state index contributed by atoms with van der Waals surface area (Å²) in [6, 6.07) is 4.76. The Balaban J connectivity index is 1.99. The van der Waals surface area contributed by atoms with Crippen molar-refractivity contribution in [1.82, 2.24) is 20.1 Å². The first-order valence-corrected chi connectivity index (χ1v) is 6.70. The van der Waals surface area contributed by atoms with Crippen LogP contribution >= 0.6 is 12.2 Å². The minimum Gasteiger partial charge on any atom is -0.504 e. The minimum absolute atomic E-state index is 0.171. The molecule has 7 nitrogen and oxygen atoms in total. The molecule has 0 spiro atoms. The van der Waals surface area contributed by atoms with Crippen molar-refractivity contribution in [3.63, 3.8) is 0 Å². The monoisotopic (exact) mass is 308 g/mol. The zero-order valence-electron chi connectivity index (χ0n) is 11.7. The molecule has 0 unspecified atom stereocenters. The molecule has 112 valence electrons. The van der Waals surface area contributed by atoms with Gasteiger partial charge in [0.05, 0.1) is 12.7 Å². The van der Waals surface area contributed by atoms with Crippen molar-refractivity contribution in [2.45, 2.75) is 6.42 Å². The molecule has 1 heterocycles. The molecule has 0 aliphatic rings. The van der Waals surface area contributed by atoms with Crippen molar-refractivity contribution < 1.29 is 14.6 Å². The van der Waals surface area contributed by atoms with Gasteiger partial charge in [-0.3, -0.25) is 9.89 Å². The van der Waals surface area contributed by atoms with Crippen molar-refractivity contribution in [2.75, 3.05) is 13.7 Å². The van der Waals surface area contributed by atoms with Crippen LogP contribution in [0, 0.1) is 4.77 Å². The van der Waals surface area contributed by atoms with Gasteiger partial charge in [-0.25, -0.2) is 0 Å². The Morgan fingerprint density at radius 3 is 2.95 bits per heavy atom. The summed E-state index contributed by atoms with van der Waals surface area (Å²) in [6.45, 7) is 0.378. The first-order chi connectivity index (χ1) is 10.0. The zero-order valence-corrected chi connectivity index (χ0v) is 12.5. The Hall–Kier alpha value is -2.35. The molecular weight excluding hydrogens is 292 g/mol. The number of phenols is 1. The van der Waals surface area contributed by atoms with Crippen LogP contribution in [0.4, 0.5) is 0 Å². The Morgan fingerprint density at radius 2 is 2.33 bits per heavy atom. The third kappa shape index (κ3) is 3.22. The third-order valence-electron chi connectivity index (χ3n) is 3.07. The summed E-state index contributed by atoms with van der Waals surface area (Å²) in [7, 11) is 3.23. The highest BCUT2D eigenvalue weighted by Crippen LogP contribution is 2.29. The SMILES string of the molecule is COc1cccc(C(=O)NCCc2n[nH]c(=S)n2C)c1O. The maximum absolute atomic E-state index is 12.0. The number of amides is 1. The molecule has 0 fully saturated rings. The maximum Gasteiger partial charge on any atom is 0.255 e. The number of hydrogen-bond acceptors (Lipinski definition) is 5. The number of phenolic OH excluding ortho intramolecular Hbond substituents is 1. The number of carbonyl (C=O) groups excluding carboxylic acids is 1. The highest BCUT2D eigenvalue weighted by Gasteiger charge is 2.14. The molecule has 3 N–H and O–H groups in total. The number of nitrogens with zero attached hydrogens (tertiary/aromatic N) is 2. The van der Waals surface area contributed by atoms with Crippen molar-refractivity contribution in [3.8, 4) is 11.5 Å². The van der Waals surface area contributed by atoms with Gasteiger partial charge < -0.3 is 19.7 Å². The molecule has 0 saturated heterocycles. The number of benzene rings is 1. The predicted octanol–water partition coefficient (Wildman–Crippen LogP) is 1.16. The average Bonchev–Trinajstić information content (AvgIpc) is 2.79. The van der Waals surface area contributed by atoms with Gasteiger partial charge in [0.25, 0.3) is 5.91 Å². The first kappa shape index (κ1) is 15.0. The average molecular weight is 308 g/mol. The van der Waals surface area contributed by atoms with E-state index < -0.39 is 0 Å². The van der Waals surface area contributed by atoms with Gasteiger partial charge in [-0.05, 0) is 24.4 Å². The van der Waals surface area contributed by atoms with E-state index in [0.29, 0.717) is 17.7 Å². The van der Waals surface area contributed by atoms with Gasteiger partial charge in [0.15, 0.2) is 16.3 Å². The van der Waals surface area contributed by atoms with Crippen LogP contribution in [-0.2, 0) is 13.5 Å². The van der Waals surface area contributed by atoms with Gasteiger partial charge in [0.1, 0.15) is 5.82 Å². The number of ether oxygens (including phenoxy) is 1. The molecule has 0 saturated carbocycles. The molecule has 21 heavy (non-hydrogen) atoms. The van der Waals surface area contributed by atoms with Crippen LogP contribution in [-0.4, -0.2) is 39.4 Å². The number of nitrogens with one attached hydrogen (secondary N) is 2. The molecule has 1 amide bonds. The summed E-state index contributed by atoms with van der Waals surface area (Å²) in [6.07, 6.45) is 0.528. The lowest BCUT2D eigenvalue weighted by Gasteiger charge is -2.09. The van der Waals surface area contributed by atoms with Crippen molar-refractivity contribution in [1.29, 1.82) is 0 Å². The molecule has 8 heteroatoms. The van der Waals surface area contributed by atoms with E-state index in [-0.39, 0.29) is 23.0 Å². The van der Waals surface area contributed by atoms with E-state index in [4.69, 9.17) is 17.0 Å². The number of carbonyl (C=O) groups is 1. The van der Waals surface area contributed by atoms with Gasteiger partial charge >= 0.3 is 0 Å². The molecule has 0 aliphatic heterocycles. The summed E-state index contributed by atoms with van der Waals surface area (Å²) in [5, 5.41) is 19.4. The highest BCUT2D eigenvalue weighted by molar-refractivity contribution is 7.71. The summed E-state index contributed by atoms with van der Waals surface area (Å²) in [5.41, 5.74) is 0.171. The number of para-hydroxylation sites is 1. The van der Waals surface area contributed by atoms with Crippen LogP contribution in [0.2, 0.25) is 0 Å². The summed E-state index contributed by atoms with van der Waals surface area (Å²) < 4.78 is 7.24. The fraction of sp³-hybridized carbons (Fsp3) is 0.308. The summed E-state index contributed by atoms with van der Waals surface area (Å²) in [4.78, 5) is 12.0. The van der Waals surface area contributed by atoms with Crippen molar-refractivity contribution >= 4 is 18.1 Å². The quantitative estimate of drug-likeness (QED) is 0.721. The van der Waals surface area contributed by atoms with Crippen LogP contribution in [0.25, 0.3) is 0 Å². The number of hydrogen-bond donors (Lipinski definition) is 3. The standard InChI is InChI=1S/C13H16N4O3S/c1-17-10(15-16-13(17)21)6-7-14-12(19)8-4-3-5-9(20-2)11(8)18/h3-5,18H,6-7H2,1-2H3,(H,14,19)(H,16,21). The molecule has 1 aromatic carbocycles. The molecule has 1 aromatic heterocycles. The van der Waals surface area contributed by atoms with Gasteiger partial charge in [-0.15, -0.1) is 0 Å². The Labute approximate surface area is 126 Å². The lowest BCUT2D eigenvalue weighted by Crippen LogP contribution is -2.26. The lowest BCUT2D eigenvalue weighted by atomic mass is 10.1. The van der Waals surface area contributed by atoms with E-state index in [9.17, 15) is 9.90 Å². The third-order valence-corrected chi connectivity index (χ3v) is 3.44. The van der Waals surface area contributed by atoms with Crippen LogP contribution in [0.3, 0.4) is 0 Å². The Bertz CT molecular complexity index is 708. The molecule has 0 aliphatic carbocycles. The number of H-pyrrole nitrogens is 1. The van der Waals surface area contributed by atoms with Crippen LogP contribution < -0.4 is 10.1 Å². The normalized spacial score (nSPS) is 10.4. The summed E-state index contributed by atoms with van der Waals surface area (Å²) in [5.74, 6) is 0.464. The Kier molecular flexibility index (Phi) is 4.59. The molecule has 0 radical (unpaired) electrons. The van der Waals surface area contributed by atoms with E-state index >= 15 is 0 Å². The molecule has 0 bridgehead atoms. The van der Waals surface area contributed by atoms with Crippen LogP contribution in [0.15, 0.2) is 18.2 Å². The number of rotatable bonds is 5. The second kappa shape index (κ2) is 6.40. The van der Waals surface area contributed by atoms with Gasteiger partial charge in [-0.1, -0.05) is 6.07 Å². The fourth-order valence-electron chi connectivity index (χ4n) is 1.86. The van der Waals surface area contributed by atoms with Gasteiger partial charge in [0, 0.05) is 20.0 Å². The lowest BCUT2D eigenvalue weighted by molar-refractivity contribution is 0.0950. The van der Waals surface area contributed by atoms with Gasteiger partial charge in [-0.2, -0.15) is 5.10 Å². The number of aromatic hydroxyl groups is 1. The molecule has 2 aromatic rings. The predicted molar refractivity (Wildman–Crippen MR) is 79.1 cm³/mol. The van der Waals surface area contributed by atoms with E-state index in [0.717, 1.165) is 5.82 Å². The van der Waals surface area contributed by atoms with E-state index in [1.807, 2.05) is 0 Å². The minimum atomic E-state index is -0.372. The Morgan fingerprint density at radius 1 is 1.57 bits per heavy atom. The number of aromatic nitrogens is 3. The number of methoxy groups -OCH3 is 1. The fourth-order valence-corrected chi connectivity index (χ4v) is 2.01. The first-order valence-electron chi connectivity index (χ1n) is 6.29. The van der Waals surface area contributed by atoms with E-state index in [1.165, 1.54) is 13.2 Å². The second-order valence-electron chi connectivity index (χ2n) is 4.37. The maximum atomic E-state index is 12.0. The second-order valence-corrected chi connectivity index (χ2v) is 4.75. The summed E-state index contributed by atoms with van der Waals surface area (Å²) >= 11 is 5.01. The highest BCUT2D eigenvalue weighted by atomic mass is 32.1.